The van der Waals surface area contributed by atoms with Crippen LogP contribution in [0, 0.1) is 5.92 Å². The number of carbonyl (C=O) groups excluding carboxylic acids is 1. The molecular formula is C24H30N2O3. The number of methoxy groups -OCH3 is 1. The molecule has 0 saturated heterocycles. The van der Waals surface area contributed by atoms with Gasteiger partial charge in [-0.2, -0.15) is 5.10 Å². The fraction of sp³-hybridized carbons (Fsp3) is 0.417. The smallest absolute Gasteiger partial charge is 0.243 e. The normalized spacial score (nSPS) is 18.5. The van der Waals surface area contributed by atoms with Crippen molar-refractivity contribution in [2.45, 2.75) is 45.4 Å². The van der Waals surface area contributed by atoms with Crippen LogP contribution in [0.15, 0.2) is 47.6 Å². The molecule has 0 aliphatic heterocycles. The minimum Gasteiger partial charge on any atom is -0.493 e. The Labute approximate surface area is 173 Å². The number of nitrogens with one attached hydrogen (secondary N) is 1. The first-order valence-corrected chi connectivity index (χ1v) is 10.1. The average molecular weight is 395 g/mol. The minimum atomic E-state index is -0.0379. The molecule has 2 aromatic rings. The molecular weight excluding hydrogens is 364 g/mol. The molecule has 29 heavy (non-hydrogen) atoms. The van der Waals surface area contributed by atoms with Crippen LogP contribution >= 0.6 is 0 Å². The van der Waals surface area contributed by atoms with Crippen molar-refractivity contribution >= 4 is 12.1 Å². The first kappa shape index (κ1) is 20.9. The second-order valence-electron chi connectivity index (χ2n) is 8.40. The molecule has 1 N–H and O–H groups in total. The highest BCUT2D eigenvalue weighted by atomic mass is 16.5. The quantitative estimate of drug-likeness (QED) is 0.549. The van der Waals surface area contributed by atoms with Gasteiger partial charge in [0.15, 0.2) is 11.5 Å². The topological polar surface area (TPSA) is 59.9 Å². The number of hydrazone groups is 1. The predicted molar refractivity (Wildman–Crippen MR) is 116 cm³/mol. The maximum atomic E-state index is 12.4. The van der Waals surface area contributed by atoms with E-state index in [1.54, 1.807) is 13.3 Å². The van der Waals surface area contributed by atoms with E-state index < -0.39 is 0 Å². The van der Waals surface area contributed by atoms with Crippen molar-refractivity contribution in [3.05, 3.63) is 59.2 Å². The Morgan fingerprint density at radius 3 is 2.52 bits per heavy atom. The second kappa shape index (κ2) is 8.68. The van der Waals surface area contributed by atoms with Gasteiger partial charge < -0.3 is 9.47 Å². The van der Waals surface area contributed by atoms with Gasteiger partial charge in [0.2, 0.25) is 5.91 Å². The fourth-order valence-electron chi connectivity index (χ4n) is 3.38. The number of hydrogen-bond acceptors (Lipinski definition) is 4. The van der Waals surface area contributed by atoms with Crippen molar-refractivity contribution in [1.82, 2.24) is 5.43 Å². The highest BCUT2D eigenvalue weighted by Gasteiger charge is 2.44. The van der Waals surface area contributed by atoms with Crippen LogP contribution in [0.3, 0.4) is 0 Å². The molecule has 1 aliphatic carbocycles. The largest absolute Gasteiger partial charge is 0.493 e. The molecule has 2 aromatic carbocycles. The number of benzene rings is 2. The SMILES string of the molecule is CCOc1ccc(/C=N\NC(=O)[C@H]2C[C@@H]2c2ccc(C(C)(C)C)cc2)cc1OC. The Morgan fingerprint density at radius 1 is 1.17 bits per heavy atom. The van der Waals surface area contributed by atoms with Crippen molar-refractivity contribution in [3.8, 4) is 11.5 Å². The molecule has 0 spiro atoms. The van der Waals surface area contributed by atoms with Crippen LogP contribution in [-0.2, 0) is 10.2 Å². The van der Waals surface area contributed by atoms with Crippen LogP contribution in [0.2, 0.25) is 0 Å². The third-order valence-electron chi connectivity index (χ3n) is 5.21. The third kappa shape index (κ3) is 5.17. The van der Waals surface area contributed by atoms with Gasteiger partial charge in [-0.3, -0.25) is 4.79 Å². The van der Waals surface area contributed by atoms with Crippen molar-refractivity contribution in [1.29, 1.82) is 0 Å². The molecule has 1 aliphatic rings. The van der Waals surface area contributed by atoms with Gasteiger partial charge in [-0.1, -0.05) is 45.0 Å². The Hall–Kier alpha value is -2.82. The van der Waals surface area contributed by atoms with Gasteiger partial charge in [0, 0.05) is 5.92 Å². The lowest BCUT2D eigenvalue weighted by Crippen LogP contribution is -2.20. The van der Waals surface area contributed by atoms with Crippen LogP contribution in [0.1, 0.15) is 56.7 Å². The van der Waals surface area contributed by atoms with E-state index in [1.807, 2.05) is 25.1 Å². The second-order valence-corrected chi connectivity index (χ2v) is 8.40. The standard InChI is InChI=1S/C24H30N2O3/c1-6-29-21-12-7-16(13-22(21)28-5)15-25-26-23(27)20-14-19(20)17-8-10-18(11-9-17)24(2,3)4/h7-13,15,19-20H,6,14H2,1-5H3,(H,26,27)/b25-15-/t19-,20+/m1/s1. The lowest BCUT2D eigenvalue weighted by atomic mass is 9.86. The summed E-state index contributed by atoms with van der Waals surface area (Å²) in [5.41, 5.74) is 6.15. The minimum absolute atomic E-state index is 0.0116. The zero-order chi connectivity index (χ0) is 21.0. The molecule has 3 rings (SSSR count). The molecule has 2 atom stereocenters. The Morgan fingerprint density at radius 2 is 1.90 bits per heavy atom. The lowest BCUT2D eigenvalue weighted by molar-refractivity contribution is -0.122. The fourth-order valence-corrected chi connectivity index (χ4v) is 3.38. The third-order valence-corrected chi connectivity index (χ3v) is 5.21. The lowest BCUT2D eigenvalue weighted by Gasteiger charge is -2.19. The summed E-state index contributed by atoms with van der Waals surface area (Å²) in [5.74, 6) is 1.56. The first-order chi connectivity index (χ1) is 13.8. The van der Waals surface area contributed by atoms with Crippen molar-refractivity contribution in [3.63, 3.8) is 0 Å². The van der Waals surface area contributed by atoms with Crippen LogP contribution in [0.25, 0.3) is 0 Å². The maximum absolute atomic E-state index is 12.4. The van der Waals surface area contributed by atoms with Crippen LogP contribution in [-0.4, -0.2) is 25.8 Å². The van der Waals surface area contributed by atoms with Crippen molar-refractivity contribution in [2.75, 3.05) is 13.7 Å². The molecule has 5 heteroatoms. The Kier molecular flexibility index (Phi) is 6.26. The maximum Gasteiger partial charge on any atom is 0.243 e. The molecule has 0 unspecified atom stereocenters. The van der Waals surface area contributed by atoms with E-state index in [4.69, 9.17) is 9.47 Å². The van der Waals surface area contributed by atoms with Gasteiger partial charge in [-0.05, 0) is 59.6 Å². The molecule has 0 radical (unpaired) electrons. The van der Waals surface area contributed by atoms with Gasteiger partial charge >= 0.3 is 0 Å². The van der Waals surface area contributed by atoms with Crippen LogP contribution in [0.5, 0.6) is 11.5 Å². The highest BCUT2D eigenvalue weighted by molar-refractivity contribution is 5.86. The summed E-state index contributed by atoms with van der Waals surface area (Å²) in [7, 11) is 1.60. The molecule has 1 fully saturated rings. The molecule has 0 aromatic heterocycles. The summed E-state index contributed by atoms with van der Waals surface area (Å²) in [4.78, 5) is 12.4. The van der Waals surface area contributed by atoms with Gasteiger partial charge in [0.1, 0.15) is 0 Å². The number of amides is 1. The monoisotopic (exact) mass is 394 g/mol. The summed E-state index contributed by atoms with van der Waals surface area (Å²) in [6, 6.07) is 14.2. The van der Waals surface area contributed by atoms with Gasteiger partial charge in [-0.15, -0.1) is 0 Å². The summed E-state index contributed by atoms with van der Waals surface area (Å²) in [5, 5.41) is 4.11. The Balaban J connectivity index is 1.55. The Bertz CT molecular complexity index is 882. The van der Waals surface area contributed by atoms with E-state index in [-0.39, 0.29) is 23.2 Å². The molecule has 1 saturated carbocycles. The summed E-state index contributed by atoms with van der Waals surface area (Å²) in [6.07, 6.45) is 2.48. The molecule has 154 valence electrons. The van der Waals surface area contributed by atoms with Crippen molar-refractivity contribution in [2.24, 2.45) is 11.0 Å². The van der Waals surface area contributed by atoms with Gasteiger partial charge in [0.05, 0.1) is 19.9 Å². The van der Waals surface area contributed by atoms with Crippen molar-refractivity contribution < 1.29 is 14.3 Å². The molecule has 0 bridgehead atoms. The number of carbonyl (C=O) groups is 1. The molecule has 5 nitrogen and oxygen atoms in total. The summed E-state index contributed by atoms with van der Waals surface area (Å²) >= 11 is 0. The highest BCUT2D eigenvalue weighted by Crippen LogP contribution is 2.47. The van der Waals surface area contributed by atoms with E-state index in [0.717, 1.165) is 12.0 Å². The van der Waals surface area contributed by atoms with Gasteiger partial charge in [-0.25, -0.2) is 5.43 Å². The number of nitrogens with zero attached hydrogens (tertiary/aromatic N) is 1. The van der Waals surface area contributed by atoms with E-state index in [2.05, 4.69) is 55.6 Å². The molecule has 0 heterocycles. The van der Waals surface area contributed by atoms with E-state index >= 15 is 0 Å². The number of hydrogen-bond donors (Lipinski definition) is 1. The molecule has 1 amide bonds. The summed E-state index contributed by atoms with van der Waals surface area (Å²) in [6.45, 7) is 9.10. The first-order valence-electron chi connectivity index (χ1n) is 10.1. The van der Waals surface area contributed by atoms with E-state index in [1.165, 1.54) is 11.1 Å². The van der Waals surface area contributed by atoms with Crippen LogP contribution < -0.4 is 14.9 Å². The van der Waals surface area contributed by atoms with Crippen LogP contribution in [0.4, 0.5) is 0 Å². The van der Waals surface area contributed by atoms with Gasteiger partial charge in [0.25, 0.3) is 0 Å². The van der Waals surface area contributed by atoms with E-state index in [0.29, 0.717) is 18.1 Å². The van der Waals surface area contributed by atoms with E-state index in [9.17, 15) is 4.79 Å². The zero-order valence-corrected chi connectivity index (χ0v) is 17.9. The average Bonchev–Trinajstić information content (AvgIpc) is 3.49. The number of rotatable bonds is 7. The summed E-state index contributed by atoms with van der Waals surface area (Å²) < 4.78 is 10.8. The number of ether oxygens (including phenoxy) is 2. The predicted octanol–water partition coefficient (Wildman–Crippen LogP) is 4.65. The zero-order valence-electron chi connectivity index (χ0n) is 17.9.